The van der Waals surface area contributed by atoms with Crippen LogP contribution in [-0.4, -0.2) is 50.8 Å². The quantitative estimate of drug-likeness (QED) is 0.221. The number of hydrogen-bond donors (Lipinski definition) is 3. The number of nitrogens with zero attached hydrogens (tertiary/aromatic N) is 1. The average Bonchev–Trinajstić information content (AvgIpc) is 3.13. The molecule has 3 N–H and O–H groups in total. The summed E-state index contributed by atoms with van der Waals surface area (Å²) in [5.41, 5.74) is 2.76. The molecule has 2 amide bonds. The van der Waals surface area contributed by atoms with Gasteiger partial charge in [-0.15, -0.1) is 0 Å². The Morgan fingerprint density at radius 3 is 2.62 bits per heavy atom. The number of halogens is 2. The SMILES string of the molecule is CNC(=S)NCCOC1CCCN(C(=O)c2ccc(NC(=O)c3ccccc3Cl)cc2OC)c2ccc(Cl)cc21. The van der Waals surface area contributed by atoms with E-state index >= 15 is 0 Å². The van der Waals surface area contributed by atoms with Crippen molar-refractivity contribution in [2.75, 3.05) is 44.1 Å². The van der Waals surface area contributed by atoms with Crippen LogP contribution in [-0.2, 0) is 4.74 Å². The predicted octanol–water partition coefficient (Wildman–Crippen LogP) is 5.85. The highest BCUT2D eigenvalue weighted by Crippen LogP contribution is 2.38. The van der Waals surface area contributed by atoms with Gasteiger partial charge in [0.1, 0.15) is 5.75 Å². The van der Waals surface area contributed by atoms with Crippen molar-refractivity contribution in [3.05, 3.63) is 87.4 Å². The average molecular weight is 602 g/mol. The number of nitrogens with one attached hydrogen (secondary N) is 3. The van der Waals surface area contributed by atoms with Crippen molar-refractivity contribution in [1.82, 2.24) is 10.6 Å². The number of carbonyl (C=O) groups excluding carboxylic acids is 2. The third kappa shape index (κ3) is 7.03. The zero-order chi connectivity index (χ0) is 28.6. The zero-order valence-electron chi connectivity index (χ0n) is 22.1. The summed E-state index contributed by atoms with van der Waals surface area (Å²) < 4.78 is 11.8. The van der Waals surface area contributed by atoms with Gasteiger partial charge in [0.15, 0.2) is 5.11 Å². The Morgan fingerprint density at radius 1 is 1.07 bits per heavy atom. The van der Waals surface area contributed by atoms with Crippen LogP contribution in [0.3, 0.4) is 0 Å². The minimum absolute atomic E-state index is 0.230. The lowest BCUT2D eigenvalue weighted by Gasteiger charge is -2.25. The molecule has 1 aliphatic rings. The molecular weight excluding hydrogens is 571 g/mol. The number of hydrogen-bond acceptors (Lipinski definition) is 5. The molecule has 8 nitrogen and oxygen atoms in total. The lowest BCUT2D eigenvalue weighted by molar-refractivity contribution is 0.0511. The molecule has 1 heterocycles. The third-order valence-corrected chi connectivity index (χ3v) is 7.38. The summed E-state index contributed by atoms with van der Waals surface area (Å²) in [4.78, 5) is 28.3. The van der Waals surface area contributed by atoms with Crippen molar-refractivity contribution in [1.29, 1.82) is 0 Å². The monoisotopic (exact) mass is 600 g/mol. The first-order chi connectivity index (χ1) is 19.3. The number of rotatable bonds is 8. The summed E-state index contributed by atoms with van der Waals surface area (Å²) >= 11 is 17.6. The maximum absolute atomic E-state index is 13.9. The van der Waals surface area contributed by atoms with Crippen LogP contribution in [0.4, 0.5) is 11.4 Å². The molecule has 0 fully saturated rings. The van der Waals surface area contributed by atoms with Gasteiger partial charge in [0.2, 0.25) is 0 Å². The van der Waals surface area contributed by atoms with Gasteiger partial charge in [-0.1, -0.05) is 35.3 Å². The van der Waals surface area contributed by atoms with Gasteiger partial charge in [-0.05, 0) is 67.5 Å². The van der Waals surface area contributed by atoms with Crippen LogP contribution in [0.2, 0.25) is 10.0 Å². The zero-order valence-corrected chi connectivity index (χ0v) is 24.5. The molecule has 1 unspecified atom stereocenters. The van der Waals surface area contributed by atoms with Gasteiger partial charge >= 0.3 is 0 Å². The molecule has 210 valence electrons. The molecule has 3 aromatic carbocycles. The van der Waals surface area contributed by atoms with E-state index in [1.807, 2.05) is 12.1 Å². The Labute approximate surface area is 248 Å². The molecule has 1 atom stereocenters. The highest BCUT2D eigenvalue weighted by atomic mass is 35.5. The van der Waals surface area contributed by atoms with Crippen LogP contribution in [0.5, 0.6) is 5.75 Å². The molecule has 1 aliphatic heterocycles. The number of carbonyl (C=O) groups is 2. The van der Waals surface area contributed by atoms with Crippen molar-refractivity contribution in [3.63, 3.8) is 0 Å². The summed E-state index contributed by atoms with van der Waals surface area (Å²) in [6.07, 6.45) is 1.21. The molecule has 4 rings (SSSR count). The minimum Gasteiger partial charge on any atom is -0.496 e. The molecule has 40 heavy (non-hydrogen) atoms. The number of anilines is 2. The Hall–Kier alpha value is -3.37. The van der Waals surface area contributed by atoms with Crippen LogP contribution < -0.4 is 25.6 Å². The second-order valence-electron chi connectivity index (χ2n) is 9.02. The molecule has 3 aromatic rings. The molecule has 0 aromatic heterocycles. The van der Waals surface area contributed by atoms with Crippen molar-refractivity contribution < 1.29 is 19.1 Å². The van der Waals surface area contributed by atoms with Gasteiger partial charge in [-0.3, -0.25) is 9.59 Å². The van der Waals surface area contributed by atoms with Crippen LogP contribution in [0.1, 0.15) is 45.2 Å². The van der Waals surface area contributed by atoms with E-state index in [4.69, 9.17) is 44.9 Å². The third-order valence-electron chi connectivity index (χ3n) is 6.46. The molecule has 0 bridgehead atoms. The topological polar surface area (TPSA) is 91.9 Å². The van der Waals surface area contributed by atoms with Crippen LogP contribution >= 0.6 is 35.4 Å². The maximum Gasteiger partial charge on any atom is 0.262 e. The van der Waals surface area contributed by atoms with Gasteiger partial charge in [0.05, 0.1) is 36.0 Å². The van der Waals surface area contributed by atoms with E-state index in [-0.39, 0.29) is 17.9 Å². The number of amides is 2. The second-order valence-corrected chi connectivity index (χ2v) is 10.3. The van der Waals surface area contributed by atoms with E-state index in [1.165, 1.54) is 7.11 Å². The standard InChI is InChI=1S/C29H30Cl2N4O4S/c1-32-29(40)33-13-15-39-25-8-5-14-35(24-12-9-18(30)16-22(24)25)28(37)21-11-10-19(17-26(21)38-2)34-27(36)20-6-3-4-7-23(20)31/h3-4,6-7,9-12,16-17,25H,5,8,13-15H2,1-2H3,(H,34,36)(H2,32,33,40). The Balaban J connectivity index is 1.55. The second kappa shape index (κ2) is 13.8. The lowest BCUT2D eigenvalue weighted by atomic mass is 10.0. The van der Waals surface area contributed by atoms with Crippen LogP contribution in [0.15, 0.2) is 60.7 Å². The largest absolute Gasteiger partial charge is 0.496 e. The van der Waals surface area contributed by atoms with Crippen LogP contribution in [0.25, 0.3) is 0 Å². The number of benzene rings is 3. The van der Waals surface area contributed by atoms with E-state index in [1.54, 1.807) is 60.5 Å². The highest BCUT2D eigenvalue weighted by Gasteiger charge is 2.29. The van der Waals surface area contributed by atoms with E-state index in [0.29, 0.717) is 57.4 Å². The van der Waals surface area contributed by atoms with Crippen molar-refractivity contribution in [3.8, 4) is 5.75 Å². The smallest absolute Gasteiger partial charge is 0.262 e. The molecule has 0 radical (unpaired) electrons. The molecule has 0 saturated heterocycles. The Kier molecular flexibility index (Phi) is 10.2. The van der Waals surface area contributed by atoms with Gasteiger partial charge in [0, 0.05) is 48.2 Å². The summed E-state index contributed by atoms with van der Waals surface area (Å²) in [7, 11) is 3.24. The number of methoxy groups -OCH3 is 1. The number of fused-ring (bicyclic) bond motifs is 1. The van der Waals surface area contributed by atoms with Crippen molar-refractivity contribution in [2.45, 2.75) is 18.9 Å². The normalized spacial score (nSPS) is 14.5. The van der Waals surface area contributed by atoms with E-state index in [2.05, 4.69) is 16.0 Å². The first-order valence-electron chi connectivity index (χ1n) is 12.7. The van der Waals surface area contributed by atoms with Crippen LogP contribution in [0, 0.1) is 0 Å². The number of thiocarbonyl (C=S) groups is 1. The van der Waals surface area contributed by atoms with Gasteiger partial charge < -0.3 is 30.3 Å². The van der Waals surface area contributed by atoms with E-state index in [0.717, 1.165) is 24.1 Å². The fraction of sp³-hybridized carbons (Fsp3) is 0.276. The predicted molar refractivity (Wildman–Crippen MR) is 163 cm³/mol. The summed E-state index contributed by atoms with van der Waals surface area (Å²) in [5.74, 6) is -0.258. The fourth-order valence-electron chi connectivity index (χ4n) is 4.51. The molecule has 0 aliphatic carbocycles. The number of ether oxygens (including phenoxy) is 2. The minimum atomic E-state index is -0.362. The Morgan fingerprint density at radius 2 is 1.88 bits per heavy atom. The molecule has 11 heteroatoms. The maximum atomic E-state index is 13.9. The highest BCUT2D eigenvalue weighted by molar-refractivity contribution is 7.80. The summed E-state index contributed by atoms with van der Waals surface area (Å²) in [6, 6.07) is 17.2. The van der Waals surface area contributed by atoms with Gasteiger partial charge in [-0.2, -0.15) is 0 Å². The van der Waals surface area contributed by atoms with E-state index < -0.39 is 0 Å². The van der Waals surface area contributed by atoms with Crippen molar-refractivity contribution in [2.24, 2.45) is 0 Å². The summed E-state index contributed by atoms with van der Waals surface area (Å²) in [6.45, 7) is 1.47. The van der Waals surface area contributed by atoms with Gasteiger partial charge in [-0.25, -0.2) is 0 Å². The molecule has 0 saturated carbocycles. The Bertz CT molecular complexity index is 1400. The first kappa shape index (κ1) is 29.6. The summed E-state index contributed by atoms with van der Waals surface area (Å²) in [5, 5.41) is 10.2. The van der Waals surface area contributed by atoms with E-state index in [9.17, 15) is 9.59 Å². The lowest BCUT2D eigenvalue weighted by Crippen LogP contribution is -2.34. The fourth-order valence-corrected chi connectivity index (χ4v) is 5.02. The molecule has 0 spiro atoms. The van der Waals surface area contributed by atoms with Gasteiger partial charge in [0.25, 0.3) is 11.8 Å². The van der Waals surface area contributed by atoms with Crippen molar-refractivity contribution >= 4 is 63.7 Å². The molecular formula is C29H30Cl2N4O4S. The first-order valence-corrected chi connectivity index (χ1v) is 13.9.